The minimum Gasteiger partial charge on any atom is -0.379 e. The summed E-state index contributed by atoms with van der Waals surface area (Å²) in [6, 6.07) is 8.35. The van der Waals surface area contributed by atoms with Gasteiger partial charge in [-0.25, -0.2) is 4.79 Å². The Labute approximate surface area is 145 Å². The first-order chi connectivity index (χ1) is 11.7. The zero-order chi connectivity index (χ0) is 17.2. The van der Waals surface area contributed by atoms with E-state index in [1.807, 2.05) is 0 Å². The van der Waals surface area contributed by atoms with Gasteiger partial charge in [0.15, 0.2) is 0 Å². The van der Waals surface area contributed by atoms with Crippen LogP contribution < -0.4 is 15.5 Å². The summed E-state index contributed by atoms with van der Waals surface area (Å²) in [5.41, 5.74) is 2.45. The van der Waals surface area contributed by atoms with Crippen LogP contribution in [0.2, 0.25) is 0 Å². The molecule has 2 N–H and O–H groups in total. The Morgan fingerprint density at radius 3 is 2.71 bits per heavy atom. The maximum Gasteiger partial charge on any atom is 0.314 e. The Balaban J connectivity index is 1.62. The van der Waals surface area contributed by atoms with Crippen molar-refractivity contribution in [3.63, 3.8) is 0 Å². The van der Waals surface area contributed by atoms with Crippen LogP contribution in [-0.2, 0) is 4.74 Å². The van der Waals surface area contributed by atoms with Crippen LogP contribution in [0.5, 0.6) is 0 Å². The third-order valence-corrected chi connectivity index (χ3v) is 4.23. The number of hydrogen-bond acceptors (Lipinski definition) is 4. The van der Waals surface area contributed by atoms with Crippen molar-refractivity contribution in [2.24, 2.45) is 0 Å². The summed E-state index contributed by atoms with van der Waals surface area (Å²) in [7, 11) is 0. The molecule has 0 atom stereocenters. The highest BCUT2D eigenvalue weighted by molar-refractivity contribution is 5.73. The summed E-state index contributed by atoms with van der Waals surface area (Å²) in [5, 5.41) is 5.85. The van der Waals surface area contributed by atoms with Crippen LogP contribution in [0, 0.1) is 6.92 Å². The lowest BCUT2D eigenvalue weighted by atomic mass is 10.2. The molecule has 6 heteroatoms. The van der Waals surface area contributed by atoms with Crippen molar-refractivity contribution in [1.29, 1.82) is 0 Å². The number of nitrogens with zero attached hydrogens (tertiary/aromatic N) is 2. The number of ether oxygens (including phenoxy) is 1. The predicted molar refractivity (Wildman–Crippen MR) is 97.7 cm³/mol. The summed E-state index contributed by atoms with van der Waals surface area (Å²) in [6.07, 6.45) is 0. The van der Waals surface area contributed by atoms with Crippen molar-refractivity contribution < 1.29 is 9.53 Å². The number of hydrogen-bond donors (Lipinski definition) is 2. The van der Waals surface area contributed by atoms with E-state index in [0.29, 0.717) is 13.1 Å². The predicted octanol–water partition coefficient (Wildman–Crippen LogP) is 1.45. The van der Waals surface area contributed by atoms with Gasteiger partial charge >= 0.3 is 6.03 Å². The third kappa shape index (κ3) is 6.37. The molecule has 1 aliphatic heterocycles. The number of morpholine rings is 1. The number of benzene rings is 1. The molecular weight excluding hydrogens is 304 g/mol. The molecule has 2 rings (SSSR count). The number of nitrogens with one attached hydrogen (secondary N) is 2. The lowest BCUT2D eigenvalue weighted by molar-refractivity contribution is 0.0387. The monoisotopic (exact) mass is 334 g/mol. The Morgan fingerprint density at radius 1 is 1.25 bits per heavy atom. The van der Waals surface area contributed by atoms with Crippen molar-refractivity contribution >= 4 is 11.7 Å². The van der Waals surface area contributed by atoms with E-state index in [2.05, 4.69) is 58.5 Å². The Kier molecular flexibility index (Phi) is 7.85. The quantitative estimate of drug-likeness (QED) is 0.756. The van der Waals surface area contributed by atoms with Crippen LogP contribution in [0.1, 0.15) is 12.5 Å². The molecule has 0 bridgehead atoms. The number of aryl methyl sites for hydroxylation is 1. The molecule has 134 valence electrons. The van der Waals surface area contributed by atoms with Gasteiger partial charge in [0.25, 0.3) is 0 Å². The van der Waals surface area contributed by atoms with Crippen LogP contribution >= 0.6 is 0 Å². The topological polar surface area (TPSA) is 56.8 Å². The number of anilines is 1. The number of amides is 2. The smallest absolute Gasteiger partial charge is 0.314 e. The fourth-order valence-corrected chi connectivity index (χ4v) is 2.81. The normalized spacial score (nSPS) is 15.1. The van der Waals surface area contributed by atoms with E-state index < -0.39 is 0 Å². The van der Waals surface area contributed by atoms with E-state index in [-0.39, 0.29) is 6.03 Å². The van der Waals surface area contributed by atoms with Crippen LogP contribution in [-0.4, -0.2) is 70.0 Å². The molecule has 0 saturated carbocycles. The summed E-state index contributed by atoms with van der Waals surface area (Å²) in [4.78, 5) is 16.4. The van der Waals surface area contributed by atoms with Crippen molar-refractivity contribution in [3.05, 3.63) is 29.8 Å². The molecule has 0 aliphatic carbocycles. The lowest BCUT2D eigenvalue weighted by Crippen LogP contribution is -2.45. The molecule has 1 fully saturated rings. The molecule has 1 saturated heterocycles. The second-order valence-electron chi connectivity index (χ2n) is 6.06. The largest absolute Gasteiger partial charge is 0.379 e. The van der Waals surface area contributed by atoms with E-state index in [0.717, 1.165) is 45.9 Å². The first-order valence-corrected chi connectivity index (χ1v) is 8.82. The zero-order valence-electron chi connectivity index (χ0n) is 14.9. The molecule has 6 nitrogen and oxygen atoms in total. The molecule has 0 aromatic heterocycles. The molecule has 2 amide bonds. The van der Waals surface area contributed by atoms with Gasteiger partial charge < -0.3 is 20.3 Å². The number of likely N-dealkylation sites (N-methyl/N-ethyl adjacent to an activating group) is 1. The first kappa shape index (κ1) is 18.5. The molecule has 1 aliphatic rings. The summed E-state index contributed by atoms with van der Waals surface area (Å²) in [6.45, 7) is 11.6. The molecule has 1 aromatic carbocycles. The van der Waals surface area contributed by atoms with Crippen LogP contribution in [0.4, 0.5) is 10.5 Å². The fraction of sp³-hybridized carbons (Fsp3) is 0.611. The van der Waals surface area contributed by atoms with Crippen LogP contribution in [0.25, 0.3) is 0 Å². The van der Waals surface area contributed by atoms with Crippen LogP contribution in [0.3, 0.4) is 0 Å². The van der Waals surface area contributed by atoms with Gasteiger partial charge in [0.05, 0.1) is 13.2 Å². The maximum atomic E-state index is 11.9. The minimum absolute atomic E-state index is 0.0939. The Bertz CT molecular complexity index is 504. The number of urea groups is 1. The average molecular weight is 334 g/mol. The SMILES string of the molecule is CCN(CCNC(=O)NCCN1CCOCC1)c1cccc(C)c1. The summed E-state index contributed by atoms with van der Waals surface area (Å²) >= 11 is 0. The Morgan fingerprint density at radius 2 is 2.00 bits per heavy atom. The Hall–Kier alpha value is -1.79. The number of carbonyl (C=O) groups excluding carboxylic acids is 1. The van der Waals surface area contributed by atoms with E-state index in [9.17, 15) is 4.79 Å². The standard InChI is InChI=1S/C18H30N4O2/c1-3-22(17-6-4-5-16(2)15-17)10-8-20-18(23)19-7-9-21-11-13-24-14-12-21/h4-6,15H,3,7-14H2,1-2H3,(H2,19,20,23). The van der Waals surface area contributed by atoms with Crippen molar-refractivity contribution in [3.8, 4) is 0 Å². The molecule has 0 radical (unpaired) electrons. The highest BCUT2D eigenvalue weighted by Gasteiger charge is 2.10. The van der Waals surface area contributed by atoms with Gasteiger partial charge in [0, 0.05) is 51.5 Å². The molecule has 24 heavy (non-hydrogen) atoms. The van der Waals surface area contributed by atoms with Gasteiger partial charge in [-0.15, -0.1) is 0 Å². The van der Waals surface area contributed by atoms with E-state index in [4.69, 9.17) is 4.74 Å². The van der Waals surface area contributed by atoms with Gasteiger partial charge in [0.1, 0.15) is 0 Å². The van der Waals surface area contributed by atoms with Crippen molar-refractivity contribution in [2.75, 3.05) is 63.9 Å². The van der Waals surface area contributed by atoms with Crippen molar-refractivity contribution in [2.45, 2.75) is 13.8 Å². The highest BCUT2D eigenvalue weighted by atomic mass is 16.5. The van der Waals surface area contributed by atoms with Gasteiger partial charge in [-0.3, -0.25) is 4.90 Å². The van der Waals surface area contributed by atoms with Gasteiger partial charge in [-0.1, -0.05) is 12.1 Å². The maximum absolute atomic E-state index is 11.9. The minimum atomic E-state index is -0.0939. The molecular formula is C18H30N4O2. The lowest BCUT2D eigenvalue weighted by Gasteiger charge is -2.26. The number of carbonyl (C=O) groups is 1. The second-order valence-corrected chi connectivity index (χ2v) is 6.06. The second kappa shape index (κ2) is 10.2. The molecule has 1 aromatic rings. The van der Waals surface area contributed by atoms with E-state index >= 15 is 0 Å². The van der Waals surface area contributed by atoms with Gasteiger partial charge in [-0.05, 0) is 31.5 Å². The average Bonchev–Trinajstić information content (AvgIpc) is 2.60. The fourth-order valence-electron chi connectivity index (χ4n) is 2.81. The van der Waals surface area contributed by atoms with E-state index in [1.54, 1.807) is 0 Å². The summed E-state index contributed by atoms with van der Waals surface area (Å²) in [5.74, 6) is 0. The van der Waals surface area contributed by atoms with Crippen LogP contribution in [0.15, 0.2) is 24.3 Å². The van der Waals surface area contributed by atoms with Crippen molar-refractivity contribution in [1.82, 2.24) is 15.5 Å². The molecule has 0 unspecified atom stereocenters. The first-order valence-electron chi connectivity index (χ1n) is 8.82. The number of rotatable bonds is 8. The molecule has 0 spiro atoms. The zero-order valence-corrected chi connectivity index (χ0v) is 14.9. The van der Waals surface area contributed by atoms with E-state index in [1.165, 1.54) is 11.3 Å². The molecule has 1 heterocycles. The van der Waals surface area contributed by atoms with Gasteiger partial charge in [0.2, 0.25) is 0 Å². The highest BCUT2D eigenvalue weighted by Crippen LogP contribution is 2.14. The van der Waals surface area contributed by atoms with Gasteiger partial charge in [-0.2, -0.15) is 0 Å². The summed E-state index contributed by atoms with van der Waals surface area (Å²) < 4.78 is 5.31. The third-order valence-electron chi connectivity index (χ3n) is 4.23.